The molecule has 5 N–H and O–H groups in total. The normalized spacial score (nSPS) is 20.8. The summed E-state index contributed by atoms with van der Waals surface area (Å²) in [4.78, 5) is 15.9. The van der Waals surface area contributed by atoms with Crippen molar-refractivity contribution in [3.63, 3.8) is 0 Å². The van der Waals surface area contributed by atoms with Gasteiger partial charge in [-0.2, -0.15) is 0 Å². The van der Waals surface area contributed by atoms with Crippen molar-refractivity contribution in [3.05, 3.63) is 30.0 Å². The van der Waals surface area contributed by atoms with E-state index in [1.54, 1.807) is 0 Å². The molecule has 0 radical (unpaired) electrons. The lowest BCUT2D eigenvalue weighted by Crippen LogP contribution is -2.42. The summed E-state index contributed by atoms with van der Waals surface area (Å²) in [6, 6.07) is 7.90. The molecule has 3 rings (SSSR count). The number of nitrogens with zero attached hydrogens (tertiary/aromatic N) is 1. The van der Waals surface area contributed by atoms with Crippen molar-refractivity contribution in [2.45, 2.75) is 44.8 Å². The number of amides is 1. The predicted octanol–water partition coefficient (Wildman–Crippen LogP) is 1.89. The van der Waals surface area contributed by atoms with Crippen LogP contribution in [0, 0.1) is 6.92 Å². The van der Waals surface area contributed by atoms with E-state index in [0.29, 0.717) is 5.69 Å². The van der Waals surface area contributed by atoms with Crippen molar-refractivity contribution in [1.29, 1.82) is 0 Å². The third-order valence-corrected chi connectivity index (χ3v) is 4.47. The number of carbonyl (C=O) groups excluding carboxylic acids is 1. The molecule has 0 saturated heterocycles. The Labute approximate surface area is 141 Å². The Morgan fingerprint density at radius 2 is 2.08 bits per heavy atom. The molecule has 1 aromatic carbocycles. The lowest BCUT2D eigenvalue weighted by atomic mass is 9.93. The number of carbonyl (C=O) groups is 1. The molecule has 1 fully saturated rings. The maximum Gasteiger partial charge on any atom is 0.233 e. The van der Waals surface area contributed by atoms with E-state index in [2.05, 4.69) is 10.3 Å². The summed E-state index contributed by atoms with van der Waals surface area (Å²) >= 11 is 0. The van der Waals surface area contributed by atoms with E-state index >= 15 is 0 Å². The molecular formula is C18H24N4O2. The van der Waals surface area contributed by atoms with Gasteiger partial charge in [-0.3, -0.25) is 9.78 Å². The number of ether oxygens (including phenoxy) is 1. The highest BCUT2D eigenvalue weighted by molar-refractivity contribution is 5.95. The van der Waals surface area contributed by atoms with Crippen LogP contribution in [0.1, 0.15) is 31.4 Å². The number of nitrogens with two attached hydrogens (primary N) is 2. The van der Waals surface area contributed by atoms with E-state index < -0.39 is 0 Å². The number of hydrogen-bond acceptors (Lipinski definition) is 5. The fraction of sp³-hybridized carbons (Fsp3) is 0.444. The molecule has 6 nitrogen and oxygen atoms in total. The molecule has 24 heavy (non-hydrogen) atoms. The zero-order chi connectivity index (χ0) is 17.1. The minimum atomic E-state index is -0.0948. The van der Waals surface area contributed by atoms with Crippen LogP contribution < -0.4 is 21.5 Å². The smallest absolute Gasteiger partial charge is 0.233 e. The Bertz CT molecular complexity index is 739. The number of nitrogen functional groups attached to an aromatic ring is 1. The van der Waals surface area contributed by atoms with Crippen LogP contribution in [0.5, 0.6) is 5.75 Å². The summed E-state index contributed by atoms with van der Waals surface area (Å²) < 4.78 is 6.21. The fourth-order valence-electron chi connectivity index (χ4n) is 3.31. The van der Waals surface area contributed by atoms with Gasteiger partial charge in [-0.1, -0.05) is 6.07 Å². The number of pyridine rings is 1. The maximum absolute atomic E-state index is 11.4. The van der Waals surface area contributed by atoms with E-state index in [1.165, 1.54) is 0 Å². The summed E-state index contributed by atoms with van der Waals surface area (Å²) in [5, 5.41) is 3.82. The number of benzene rings is 1. The molecule has 6 heteroatoms. The van der Waals surface area contributed by atoms with Crippen LogP contribution in [-0.4, -0.2) is 29.6 Å². The summed E-state index contributed by atoms with van der Waals surface area (Å²) in [6.07, 6.45) is 3.71. The minimum absolute atomic E-state index is 0.0398. The first kappa shape index (κ1) is 16.5. The van der Waals surface area contributed by atoms with Gasteiger partial charge in [0.15, 0.2) is 0 Å². The first-order valence-electron chi connectivity index (χ1n) is 8.38. The Hall–Kier alpha value is -2.34. The zero-order valence-electron chi connectivity index (χ0n) is 13.9. The number of rotatable bonds is 4. The van der Waals surface area contributed by atoms with Gasteiger partial charge in [0.1, 0.15) is 5.75 Å². The van der Waals surface area contributed by atoms with Crippen LogP contribution in [-0.2, 0) is 4.79 Å². The highest BCUT2D eigenvalue weighted by Crippen LogP contribution is 2.33. The molecule has 2 aromatic rings. The van der Waals surface area contributed by atoms with Gasteiger partial charge in [0.2, 0.25) is 5.91 Å². The molecule has 0 atom stereocenters. The standard InChI is InChI=1S/C18H24N4O2/c1-11-9-14(20)18-15(21-11)3-2-4-16(18)24-13-7-5-12(6-8-13)22-17(23)10-19/h2-4,9,12-13H,5-8,10,19H2,1H3,(H2,20,21)(H,22,23)/t12-,13-. The Morgan fingerprint density at radius 3 is 2.79 bits per heavy atom. The van der Waals surface area contributed by atoms with Gasteiger partial charge in [0.25, 0.3) is 0 Å². The average molecular weight is 328 g/mol. The Morgan fingerprint density at radius 1 is 1.33 bits per heavy atom. The fourth-order valence-corrected chi connectivity index (χ4v) is 3.31. The van der Waals surface area contributed by atoms with E-state index in [1.807, 2.05) is 31.2 Å². The summed E-state index contributed by atoms with van der Waals surface area (Å²) in [5.74, 6) is 0.689. The van der Waals surface area contributed by atoms with Gasteiger partial charge < -0.3 is 21.5 Å². The number of fused-ring (bicyclic) bond motifs is 1. The van der Waals surface area contributed by atoms with Crippen LogP contribution in [0.25, 0.3) is 10.9 Å². The Kier molecular flexibility index (Phi) is 4.85. The van der Waals surface area contributed by atoms with Gasteiger partial charge >= 0.3 is 0 Å². The van der Waals surface area contributed by atoms with Crippen molar-refractivity contribution >= 4 is 22.5 Å². The molecule has 0 spiro atoms. The number of aryl methyl sites for hydroxylation is 1. The third-order valence-electron chi connectivity index (χ3n) is 4.47. The first-order valence-corrected chi connectivity index (χ1v) is 8.38. The maximum atomic E-state index is 11.4. The molecule has 1 heterocycles. The quantitative estimate of drug-likeness (QED) is 0.795. The van der Waals surface area contributed by atoms with Crippen molar-refractivity contribution in [1.82, 2.24) is 10.3 Å². The lowest BCUT2D eigenvalue weighted by Gasteiger charge is -2.29. The number of hydrogen-bond donors (Lipinski definition) is 3. The second-order valence-corrected chi connectivity index (χ2v) is 6.37. The van der Waals surface area contributed by atoms with Crippen molar-refractivity contribution in [2.24, 2.45) is 5.73 Å². The average Bonchev–Trinajstić information content (AvgIpc) is 2.56. The molecule has 1 aromatic heterocycles. The molecule has 0 bridgehead atoms. The van der Waals surface area contributed by atoms with E-state index in [0.717, 1.165) is 48.0 Å². The molecular weight excluding hydrogens is 304 g/mol. The second kappa shape index (κ2) is 7.05. The lowest BCUT2D eigenvalue weighted by molar-refractivity contribution is -0.120. The molecule has 1 amide bonds. The van der Waals surface area contributed by atoms with Crippen LogP contribution in [0.15, 0.2) is 24.3 Å². The van der Waals surface area contributed by atoms with Gasteiger partial charge in [0.05, 0.1) is 23.6 Å². The van der Waals surface area contributed by atoms with E-state index in [4.69, 9.17) is 16.2 Å². The zero-order valence-corrected chi connectivity index (χ0v) is 13.9. The largest absolute Gasteiger partial charge is 0.490 e. The summed E-state index contributed by atoms with van der Waals surface area (Å²) in [5.41, 5.74) is 14.0. The van der Waals surface area contributed by atoms with Gasteiger partial charge in [-0.25, -0.2) is 0 Å². The summed E-state index contributed by atoms with van der Waals surface area (Å²) in [6.45, 7) is 1.97. The molecule has 1 aliphatic carbocycles. The molecule has 0 unspecified atom stereocenters. The third kappa shape index (κ3) is 3.59. The second-order valence-electron chi connectivity index (χ2n) is 6.37. The highest BCUT2D eigenvalue weighted by atomic mass is 16.5. The topological polar surface area (TPSA) is 103 Å². The summed E-state index contributed by atoms with van der Waals surface area (Å²) in [7, 11) is 0. The number of aromatic nitrogens is 1. The highest BCUT2D eigenvalue weighted by Gasteiger charge is 2.24. The van der Waals surface area contributed by atoms with Crippen LogP contribution in [0.2, 0.25) is 0 Å². The minimum Gasteiger partial charge on any atom is -0.490 e. The van der Waals surface area contributed by atoms with Crippen molar-refractivity contribution < 1.29 is 9.53 Å². The van der Waals surface area contributed by atoms with Gasteiger partial charge in [-0.05, 0) is 50.8 Å². The first-order chi connectivity index (χ1) is 11.6. The van der Waals surface area contributed by atoms with Crippen molar-refractivity contribution in [2.75, 3.05) is 12.3 Å². The van der Waals surface area contributed by atoms with Crippen molar-refractivity contribution in [3.8, 4) is 5.75 Å². The van der Waals surface area contributed by atoms with Gasteiger partial charge in [-0.15, -0.1) is 0 Å². The molecule has 0 aliphatic heterocycles. The van der Waals surface area contributed by atoms with Gasteiger partial charge in [0, 0.05) is 17.4 Å². The SMILES string of the molecule is Cc1cc(N)c2c(O[C@H]3CC[C@H](NC(=O)CN)CC3)cccc2n1. The van der Waals surface area contributed by atoms with E-state index in [-0.39, 0.29) is 24.6 Å². The molecule has 1 saturated carbocycles. The number of anilines is 1. The number of nitrogens with one attached hydrogen (secondary N) is 1. The monoisotopic (exact) mass is 328 g/mol. The predicted molar refractivity (Wildman–Crippen MR) is 94.8 cm³/mol. The van der Waals surface area contributed by atoms with E-state index in [9.17, 15) is 4.79 Å². The van der Waals surface area contributed by atoms with Crippen LogP contribution >= 0.6 is 0 Å². The van der Waals surface area contributed by atoms with Crippen LogP contribution in [0.4, 0.5) is 5.69 Å². The van der Waals surface area contributed by atoms with Crippen LogP contribution in [0.3, 0.4) is 0 Å². The Balaban J connectivity index is 1.70. The molecule has 128 valence electrons. The molecule has 1 aliphatic rings.